The molecule has 7 heteroatoms. The Labute approximate surface area is 122 Å². The predicted molar refractivity (Wildman–Crippen MR) is 79.3 cm³/mol. The van der Waals surface area contributed by atoms with Crippen LogP contribution in [0.4, 0.5) is 5.69 Å². The third-order valence-corrected chi connectivity index (χ3v) is 6.51. The van der Waals surface area contributed by atoms with Crippen molar-refractivity contribution in [2.45, 2.75) is 16.7 Å². The first-order valence-electron chi connectivity index (χ1n) is 6.36. The highest BCUT2D eigenvalue weighted by molar-refractivity contribution is 7.91. The summed E-state index contributed by atoms with van der Waals surface area (Å²) in [5, 5.41) is 5.11. The zero-order valence-electron chi connectivity index (χ0n) is 10.8. The van der Waals surface area contributed by atoms with E-state index in [1.807, 2.05) is 12.1 Å². The minimum atomic E-state index is -3.32. The SMILES string of the molecule is O=S(=O)(c1cccs1)N1CC[C@H](Nc2cccnc2)C1. The van der Waals surface area contributed by atoms with Crippen molar-refractivity contribution in [2.75, 3.05) is 18.4 Å². The number of hydrogen-bond acceptors (Lipinski definition) is 5. The molecule has 20 heavy (non-hydrogen) atoms. The first-order chi connectivity index (χ1) is 9.66. The molecule has 2 aromatic rings. The Balaban J connectivity index is 1.68. The summed E-state index contributed by atoms with van der Waals surface area (Å²) in [6.45, 7) is 1.05. The summed E-state index contributed by atoms with van der Waals surface area (Å²) in [6, 6.07) is 7.34. The second-order valence-corrected chi connectivity index (χ2v) is 7.78. The second kappa shape index (κ2) is 5.51. The number of thiophene rings is 1. The van der Waals surface area contributed by atoms with Crippen molar-refractivity contribution in [1.82, 2.24) is 9.29 Å². The number of rotatable bonds is 4. The molecule has 1 saturated heterocycles. The summed E-state index contributed by atoms with van der Waals surface area (Å²) < 4.78 is 26.7. The lowest BCUT2D eigenvalue weighted by molar-refractivity contribution is 0.476. The molecule has 1 aliphatic heterocycles. The predicted octanol–water partition coefficient (Wildman–Crippen LogP) is 2.02. The Morgan fingerprint density at radius 3 is 2.95 bits per heavy atom. The smallest absolute Gasteiger partial charge is 0.252 e. The van der Waals surface area contributed by atoms with E-state index in [4.69, 9.17) is 0 Å². The quantitative estimate of drug-likeness (QED) is 0.938. The fourth-order valence-electron chi connectivity index (χ4n) is 2.29. The standard InChI is InChI=1S/C13H15N3O2S2/c17-20(18,13-4-2-8-19-13)16-7-5-12(10-16)15-11-3-1-6-14-9-11/h1-4,6,8-9,12,15H,5,7,10H2/t12-/m0/s1. The molecule has 1 fully saturated rings. The summed E-state index contributed by atoms with van der Waals surface area (Å²) in [5.41, 5.74) is 0.924. The number of nitrogens with zero attached hydrogens (tertiary/aromatic N) is 2. The molecule has 106 valence electrons. The Morgan fingerprint density at radius 2 is 2.25 bits per heavy atom. The van der Waals surface area contributed by atoms with Gasteiger partial charge in [-0.2, -0.15) is 4.31 Å². The van der Waals surface area contributed by atoms with Gasteiger partial charge in [0, 0.05) is 31.5 Å². The van der Waals surface area contributed by atoms with Crippen LogP contribution < -0.4 is 5.32 Å². The van der Waals surface area contributed by atoms with Crippen LogP contribution in [0.1, 0.15) is 6.42 Å². The number of sulfonamides is 1. The van der Waals surface area contributed by atoms with Crippen LogP contribution in [0.2, 0.25) is 0 Å². The van der Waals surface area contributed by atoms with Gasteiger partial charge in [0.25, 0.3) is 10.0 Å². The van der Waals surface area contributed by atoms with Crippen molar-refractivity contribution in [1.29, 1.82) is 0 Å². The molecule has 3 heterocycles. The summed E-state index contributed by atoms with van der Waals surface area (Å²) in [5.74, 6) is 0. The molecule has 0 aromatic carbocycles. The highest BCUT2D eigenvalue weighted by Crippen LogP contribution is 2.25. The molecule has 0 bridgehead atoms. The molecule has 2 aromatic heterocycles. The third-order valence-electron chi connectivity index (χ3n) is 3.27. The number of hydrogen-bond donors (Lipinski definition) is 1. The fraction of sp³-hybridized carbons (Fsp3) is 0.308. The van der Waals surface area contributed by atoms with Crippen molar-refractivity contribution < 1.29 is 8.42 Å². The van der Waals surface area contributed by atoms with E-state index in [0.29, 0.717) is 17.3 Å². The van der Waals surface area contributed by atoms with Crippen LogP contribution in [0.5, 0.6) is 0 Å². The van der Waals surface area contributed by atoms with E-state index in [1.165, 1.54) is 11.3 Å². The van der Waals surface area contributed by atoms with Crippen LogP contribution >= 0.6 is 11.3 Å². The fourth-order valence-corrected chi connectivity index (χ4v) is 4.93. The van der Waals surface area contributed by atoms with Gasteiger partial charge in [-0.1, -0.05) is 6.07 Å². The highest BCUT2D eigenvalue weighted by Gasteiger charge is 2.32. The van der Waals surface area contributed by atoms with E-state index in [1.54, 1.807) is 34.2 Å². The van der Waals surface area contributed by atoms with Crippen LogP contribution in [0, 0.1) is 0 Å². The Hall–Kier alpha value is -1.44. The highest BCUT2D eigenvalue weighted by atomic mass is 32.2. The zero-order valence-corrected chi connectivity index (χ0v) is 12.4. The van der Waals surface area contributed by atoms with Gasteiger partial charge in [0.05, 0.1) is 5.69 Å². The molecule has 3 rings (SSSR count). The zero-order chi connectivity index (χ0) is 14.0. The van der Waals surface area contributed by atoms with Gasteiger partial charge in [-0.15, -0.1) is 11.3 Å². The minimum Gasteiger partial charge on any atom is -0.380 e. The lowest BCUT2D eigenvalue weighted by Gasteiger charge is -2.16. The van der Waals surface area contributed by atoms with Crippen molar-refractivity contribution in [3.63, 3.8) is 0 Å². The number of nitrogens with one attached hydrogen (secondary N) is 1. The lowest BCUT2D eigenvalue weighted by Crippen LogP contribution is -2.31. The van der Waals surface area contributed by atoms with Gasteiger partial charge in [0.15, 0.2) is 0 Å². The van der Waals surface area contributed by atoms with Gasteiger partial charge in [0.2, 0.25) is 0 Å². The Kier molecular flexibility index (Phi) is 3.73. The van der Waals surface area contributed by atoms with Gasteiger partial charge >= 0.3 is 0 Å². The maximum absolute atomic E-state index is 12.4. The summed E-state index contributed by atoms with van der Waals surface area (Å²) in [4.78, 5) is 4.04. The second-order valence-electron chi connectivity index (χ2n) is 4.67. The molecule has 0 radical (unpaired) electrons. The molecule has 1 aliphatic rings. The molecule has 0 amide bonds. The Morgan fingerprint density at radius 1 is 1.35 bits per heavy atom. The minimum absolute atomic E-state index is 0.133. The first-order valence-corrected chi connectivity index (χ1v) is 8.68. The van der Waals surface area contributed by atoms with Gasteiger partial charge in [-0.25, -0.2) is 8.42 Å². The van der Waals surface area contributed by atoms with E-state index < -0.39 is 10.0 Å². The Bertz CT molecular complexity index is 656. The monoisotopic (exact) mass is 309 g/mol. The van der Waals surface area contributed by atoms with Gasteiger partial charge < -0.3 is 5.32 Å². The van der Waals surface area contributed by atoms with Gasteiger partial charge in [-0.05, 0) is 30.0 Å². The van der Waals surface area contributed by atoms with Crippen molar-refractivity contribution in [3.05, 3.63) is 42.0 Å². The van der Waals surface area contributed by atoms with Gasteiger partial charge in [0.1, 0.15) is 4.21 Å². The molecule has 0 aliphatic carbocycles. The number of anilines is 1. The van der Waals surface area contributed by atoms with Crippen LogP contribution in [0.3, 0.4) is 0 Å². The average molecular weight is 309 g/mol. The molecule has 0 unspecified atom stereocenters. The molecular weight excluding hydrogens is 294 g/mol. The summed E-state index contributed by atoms with van der Waals surface area (Å²) in [7, 11) is -3.32. The number of aromatic nitrogens is 1. The van der Waals surface area contributed by atoms with E-state index in [0.717, 1.165) is 12.1 Å². The van der Waals surface area contributed by atoms with Crippen LogP contribution in [-0.4, -0.2) is 36.8 Å². The molecule has 5 nitrogen and oxygen atoms in total. The van der Waals surface area contributed by atoms with Crippen LogP contribution in [-0.2, 0) is 10.0 Å². The van der Waals surface area contributed by atoms with Crippen molar-refractivity contribution in [3.8, 4) is 0 Å². The largest absolute Gasteiger partial charge is 0.380 e. The van der Waals surface area contributed by atoms with Gasteiger partial charge in [-0.3, -0.25) is 4.98 Å². The van der Waals surface area contributed by atoms with Crippen molar-refractivity contribution in [2.24, 2.45) is 0 Å². The third kappa shape index (κ3) is 2.70. The van der Waals surface area contributed by atoms with Crippen molar-refractivity contribution >= 4 is 27.0 Å². The molecule has 0 spiro atoms. The average Bonchev–Trinajstić information content (AvgIpc) is 3.11. The van der Waals surface area contributed by atoms with E-state index >= 15 is 0 Å². The normalized spacial score (nSPS) is 20.1. The van der Waals surface area contributed by atoms with E-state index in [-0.39, 0.29) is 6.04 Å². The topological polar surface area (TPSA) is 62.3 Å². The maximum atomic E-state index is 12.4. The van der Waals surface area contributed by atoms with E-state index in [2.05, 4.69) is 10.3 Å². The lowest BCUT2D eigenvalue weighted by atomic mass is 10.2. The first kappa shape index (κ1) is 13.5. The molecular formula is C13H15N3O2S2. The molecule has 1 atom stereocenters. The summed E-state index contributed by atoms with van der Waals surface area (Å²) >= 11 is 1.26. The van der Waals surface area contributed by atoms with Crippen LogP contribution in [0.15, 0.2) is 46.2 Å². The maximum Gasteiger partial charge on any atom is 0.252 e. The molecule has 1 N–H and O–H groups in total. The summed E-state index contributed by atoms with van der Waals surface area (Å²) in [6.07, 6.45) is 4.27. The number of pyridine rings is 1. The van der Waals surface area contributed by atoms with E-state index in [9.17, 15) is 8.42 Å². The van der Waals surface area contributed by atoms with Crippen LogP contribution in [0.25, 0.3) is 0 Å². The molecule has 0 saturated carbocycles.